The SMILES string of the molecule is c1ccc(CSc2cc(N3CCSCC3)ncn2)cc1. The van der Waals surface area contributed by atoms with Gasteiger partial charge in [0.25, 0.3) is 0 Å². The van der Waals surface area contributed by atoms with Crippen LogP contribution in [-0.4, -0.2) is 34.6 Å². The Morgan fingerprint density at radius 1 is 1.10 bits per heavy atom. The van der Waals surface area contributed by atoms with E-state index in [0.29, 0.717) is 0 Å². The lowest BCUT2D eigenvalue weighted by Gasteiger charge is -2.27. The molecular formula is C15H17N3S2. The molecule has 0 saturated carbocycles. The van der Waals surface area contributed by atoms with Crippen LogP contribution in [0.4, 0.5) is 5.82 Å². The van der Waals surface area contributed by atoms with Crippen molar-refractivity contribution in [3.8, 4) is 0 Å². The molecule has 3 nitrogen and oxygen atoms in total. The van der Waals surface area contributed by atoms with E-state index in [1.807, 2.05) is 17.8 Å². The van der Waals surface area contributed by atoms with Crippen LogP contribution in [0.1, 0.15) is 5.56 Å². The van der Waals surface area contributed by atoms with Gasteiger partial charge in [0.1, 0.15) is 17.2 Å². The first-order chi connectivity index (χ1) is 9.92. The Hall–Kier alpha value is -1.20. The van der Waals surface area contributed by atoms with Gasteiger partial charge in [0.2, 0.25) is 0 Å². The lowest BCUT2D eigenvalue weighted by molar-refractivity contribution is 0.827. The minimum absolute atomic E-state index is 0.952. The van der Waals surface area contributed by atoms with Crippen LogP contribution in [-0.2, 0) is 5.75 Å². The standard InChI is InChI=1S/C15H17N3S2/c1-2-4-13(5-3-1)11-20-15-10-14(16-12-17-15)18-6-8-19-9-7-18/h1-5,10,12H,6-9,11H2. The van der Waals surface area contributed by atoms with Gasteiger partial charge < -0.3 is 4.90 Å². The molecule has 1 fully saturated rings. The third-order valence-electron chi connectivity index (χ3n) is 3.19. The first-order valence-electron chi connectivity index (χ1n) is 6.73. The number of anilines is 1. The Balaban J connectivity index is 1.65. The zero-order valence-electron chi connectivity index (χ0n) is 11.2. The molecule has 0 atom stereocenters. The minimum atomic E-state index is 0.952. The summed E-state index contributed by atoms with van der Waals surface area (Å²) in [5.74, 6) is 4.40. The Kier molecular flexibility index (Phi) is 4.82. The number of hydrogen-bond acceptors (Lipinski definition) is 5. The second-order valence-electron chi connectivity index (χ2n) is 4.59. The summed E-state index contributed by atoms with van der Waals surface area (Å²) in [6, 6.07) is 12.6. The summed E-state index contributed by atoms with van der Waals surface area (Å²) in [4.78, 5) is 11.1. The highest BCUT2D eigenvalue weighted by atomic mass is 32.2. The summed E-state index contributed by atoms with van der Waals surface area (Å²) in [7, 11) is 0. The molecule has 104 valence electrons. The Bertz CT molecular complexity index is 542. The van der Waals surface area contributed by atoms with E-state index in [1.165, 1.54) is 17.1 Å². The average Bonchev–Trinajstić information content (AvgIpc) is 2.55. The number of benzene rings is 1. The van der Waals surface area contributed by atoms with E-state index in [0.717, 1.165) is 29.7 Å². The number of thioether (sulfide) groups is 2. The van der Waals surface area contributed by atoms with Crippen LogP contribution in [0, 0.1) is 0 Å². The zero-order chi connectivity index (χ0) is 13.6. The second-order valence-corrected chi connectivity index (χ2v) is 6.81. The summed E-state index contributed by atoms with van der Waals surface area (Å²) < 4.78 is 0. The van der Waals surface area contributed by atoms with E-state index in [4.69, 9.17) is 0 Å². The highest BCUT2D eigenvalue weighted by Gasteiger charge is 2.13. The molecule has 0 radical (unpaired) electrons. The van der Waals surface area contributed by atoms with Gasteiger partial charge in [-0.15, -0.1) is 11.8 Å². The van der Waals surface area contributed by atoms with E-state index < -0.39 is 0 Å². The summed E-state index contributed by atoms with van der Waals surface area (Å²) in [5.41, 5.74) is 1.33. The van der Waals surface area contributed by atoms with Gasteiger partial charge in [0.15, 0.2) is 0 Å². The van der Waals surface area contributed by atoms with E-state index in [-0.39, 0.29) is 0 Å². The molecule has 1 aliphatic rings. The summed E-state index contributed by atoms with van der Waals surface area (Å²) in [5, 5.41) is 1.05. The van der Waals surface area contributed by atoms with Crippen molar-refractivity contribution in [1.29, 1.82) is 0 Å². The molecule has 3 rings (SSSR count). The van der Waals surface area contributed by atoms with Crippen molar-refractivity contribution in [1.82, 2.24) is 9.97 Å². The molecule has 5 heteroatoms. The fraction of sp³-hybridized carbons (Fsp3) is 0.333. The summed E-state index contributed by atoms with van der Waals surface area (Å²) in [6.07, 6.45) is 1.68. The van der Waals surface area contributed by atoms with Crippen molar-refractivity contribution in [2.75, 3.05) is 29.5 Å². The molecule has 1 aromatic heterocycles. The fourth-order valence-electron chi connectivity index (χ4n) is 2.11. The Labute approximate surface area is 128 Å². The lowest BCUT2D eigenvalue weighted by Crippen LogP contribution is -2.33. The lowest BCUT2D eigenvalue weighted by atomic mass is 10.2. The molecular weight excluding hydrogens is 286 g/mol. The molecule has 1 aliphatic heterocycles. The quantitative estimate of drug-likeness (QED) is 0.638. The highest BCUT2D eigenvalue weighted by Crippen LogP contribution is 2.24. The van der Waals surface area contributed by atoms with Crippen LogP contribution in [0.15, 0.2) is 47.8 Å². The van der Waals surface area contributed by atoms with E-state index >= 15 is 0 Å². The van der Waals surface area contributed by atoms with E-state index in [1.54, 1.807) is 18.1 Å². The molecule has 0 aliphatic carbocycles. The number of aromatic nitrogens is 2. The maximum Gasteiger partial charge on any atom is 0.133 e. The van der Waals surface area contributed by atoms with Crippen LogP contribution in [0.3, 0.4) is 0 Å². The van der Waals surface area contributed by atoms with Crippen LogP contribution in [0.2, 0.25) is 0 Å². The Morgan fingerprint density at radius 3 is 2.70 bits per heavy atom. The number of rotatable bonds is 4. The minimum Gasteiger partial charge on any atom is -0.355 e. The Morgan fingerprint density at radius 2 is 1.90 bits per heavy atom. The van der Waals surface area contributed by atoms with Gasteiger partial charge in [-0.25, -0.2) is 9.97 Å². The maximum atomic E-state index is 4.41. The molecule has 2 aromatic rings. The van der Waals surface area contributed by atoms with Gasteiger partial charge in [-0.1, -0.05) is 30.3 Å². The average molecular weight is 303 g/mol. The third-order valence-corrected chi connectivity index (χ3v) is 5.13. The third kappa shape index (κ3) is 3.67. The molecule has 0 amide bonds. The molecule has 0 unspecified atom stereocenters. The first kappa shape index (κ1) is 13.8. The van der Waals surface area contributed by atoms with Crippen molar-refractivity contribution < 1.29 is 0 Å². The van der Waals surface area contributed by atoms with Gasteiger partial charge in [-0.05, 0) is 5.56 Å². The van der Waals surface area contributed by atoms with Gasteiger partial charge in [-0.3, -0.25) is 0 Å². The van der Waals surface area contributed by atoms with Gasteiger partial charge in [0, 0.05) is 36.4 Å². The molecule has 2 heterocycles. The fourth-order valence-corrected chi connectivity index (χ4v) is 3.83. The largest absolute Gasteiger partial charge is 0.355 e. The highest BCUT2D eigenvalue weighted by molar-refractivity contribution is 7.99. The van der Waals surface area contributed by atoms with E-state index in [9.17, 15) is 0 Å². The van der Waals surface area contributed by atoms with Gasteiger partial charge >= 0.3 is 0 Å². The van der Waals surface area contributed by atoms with Crippen LogP contribution in [0.5, 0.6) is 0 Å². The van der Waals surface area contributed by atoms with Crippen LogP contribution >= 0.6 is 23.5 Å². The number of nitrogens with zero attached hydrogens (tertiary/aromatic N) is 3. The van der Waals surface area contributed by atoms with Crippen molar-refractivity contribution in [3.63, 3.8) is 0 Å². The maximum absolute atomic E-state index is 4.41. The normalized spacial score (nSPS) is 15.3. The van der Waals surface area contributed by atoms with E-state index in [2.05, 4.69) is 45.2 Å². The smallest absolute Gasteiger partial charge is 0.133 e. The van der Waals surface area contributed by atoms with Crippen molar-refractivity contribution >= 4 is 29.3 Å². The van der Waals surface area contributed by atoms with Crippen molar-refractivity contribution in [2.24, 2.45) is 0 Å². The van der Waals surface area contributed by atoms with Crippen LogP contribution in [0.25, 0.3) is 0 Å². The zero-order valence-corrected chi connectivity index (χ0v) is 12.9. The van der Waals surface area contributed by atoms with Crippen molar-refractivity contribution in [2.45, 2.75) is 10.8 Å². The molecule has 1 aromatic carbocycles. The second kappa shape index (κ2) is 6.99. The van der Waals surface area contributed by atoms with Crippen molar-refractivity contribution in [3.05, 3.63) is 48.3 Å². The topological polar surface area (TPSA) is 29.0 Å². The number of hydrogen-bond donors (Lipinski definition) is 0. The van der Waals surface area contributed by atoms with Gasteiger partial charge in [-0.2, -0.15) is 11.8 Å². The molecule has 0 bridgehead atoms. The van der Waals surface area contributed by atoms with Crippen LogP contribution < -0.4 is 4.90 Å². The molecule has 1 saturated heterocycles. The predicted molar refractivity (Wildman–Crippen MR) is 87.6 cm³/mol. The molecule has 20 heavy (non-hydrogen) atoms. The summed E-state index contributed by atoms with van der Waals surface area (Å²) in [6.45, 7) is 2.18. The van der Waals surface area contributed by atoms with Gasteiger partial charge in [0.05, 0.1) is 0 Å². The molecule has 0 N–H and O–H groups in total. The molecule has 0 spiro atoms. The monoisotopic (exact) mass is 303 g/mol. The predicted octanol–water partition coefficient (Wildman–Crippen LogP) is 3.32. The first-order valence-corrected chi connectivity index (χ1v) is 8.87. The summed E-state index contributed by atoms with van der Waals surface area (Å²) >= 11 is 3.78.